The van der Waals surface area contributed by atoms with Crippen LogP contribution in [-0.2, 0) is 21.8 Å². The number of rotatable bonds is 4. The fourth-order valence-electron chi connectivity index (χ4n) is 3.30. The summed E-state index contributed by atoms with van der Waals surface area (Å²) >= 11 is 0. The van der Waals surface area contributed by atoms with E-state index in [1.165, 1.54) is 0 Å². The minimum Gasteiger partial charge on any atom is -0.618 e. The van der Waals surface area contributed by atoms with Gasteiger partial charge < -0.3 is 20.0 Å². The largest absolute Gasteiger partial charge is 0.618 e. The van der Waals surface area contributed by atoms with Gasteiger partial charge in [0, 0.05) is 25.1 Å². The van der Waals surface area contributed by atoms with Crippen molar-refractivity contribution in [1.29, 1.82) is 0 Å². The SMILES string of the molecule is Cc1c(C(=O)NCc2ccc(C3(C)OCCO3)cc2)nc2ccccc2[n+]1[O-]. The van der Waals surface area contributed by atoms with Crippen molar-refractivity contribution in [3.05, 3.63) is 76.3 Å². The van der Waals surface area contributed by atoms with Crippen LogP contribution in [0.1, 0.15) is 34.2 Å². The van der Waals surface area contributed by atoms with Crippen LogP contribution >= 0.6 is 0 Å². The van der Waals surface area contributed by atoms with E-state index in [9.17, 15) is 10.0 Å². The van der Waals surface area contributed by atoms with E-state index < -0.39 is 5.79 Å². The molecule has 144 valence electrons. The Balaban J connectivity index is 1.49. The Hall–Kier alpha value is -3.03. The summed E-state index contributed by atoms with van der Waals surface area (Å²) in [6, 6.07) is 14.6. The molecular formula is C21H21N3O4. The highest BCUT2D eigenvalue weighted by atomic mass is 16.7. The summed E-state index contributed by atoms with van der Waals surface area (Å²) in [5, 5.41) is 15.2. The predicted molar refractivity (Wildman–Crippen MR) is 102 cm³/mol. The number of amides is 1. The van der Waals surface area contributed by atoms with Gasteiger partial charge in [-0.2, -0.15) is 4.73 Å². The fourth-order valence-corrected chi connectivity index (χ4v) is 3.30. The maximum Gasteiger partial charge on any atom is 0.276 e. The first-order chi connectivity index (χ1) is 13.5. The van der Waals surface area contributed by atoms with Gasteiger partial charge in [-0.25, -0.2) is 4.98 Å². The van der Waals surface area contributed by atoms with Gasteiger partial charge >= 0.3 is 0 Å². The van der Waals surface area contributed by atoms with Crippen LogP contribution in [0.2, 0.25) is 0 Å². The zero-order chi connectivity index (χ0) is 19.7. The molecule has 0 unspecified atom stereocenters. The Labute approximate surface area is 162 Å². The molecule has 1 saturated heterocycles. The van der Waals surface area contributed by atoms with E-state index in [1.54, 1.807) is 31.2 Å². The summed E-state index contributed by atoms with van der Waals surface area (Å²) < 4.78 is 12.0. The smallest absolute Gasteiger partial charge is 0.276 e. The van der Waals surface area contributed by atoms with Gasteiger partial charge in [0.15, 0.2) is 11.5 Å². The minimum absolute atomic E-state index is 0.130. The molecule has 2 aromatic carbocycles. The fraction of sp³-hybridized carbons (Fsp3) is 0.286. The van der Waals surface area contributed by atoms with Crippen molar-refractivity contribution >= 4 is 16.9 Å². The van der Waals surface area contributed by atoms with Crippen LogP contribution in [0.4, 0.5) is 0 Å². The van der Waals surface area contributed by atoms with Gasteiger partial charge in [0.2, 0.25) is 11.2 Å². The third kappa shape index (κ3) is 3.30. The number of fused-ring (bicyclic) bond motifs is 1. The highest BCUT2D eigenvalue weighted by molar-refractivity contribution is 5.94. The maximum absolute atomic E-state index is 12.6. The van der Waals surface area contributed by atoms with Crippen LogP contribution in [0.15, 0.2) is 48.5 Å². The Morgan fingerprint density at radius 1 is 1.18 bits per heavy atom. The van der Waals surface area contributed by atoms with Gasteiger partial charge in [0.25, 0.3) is 5.91 Å². The van der Waals surface area contributed by atoms with Crippen molar-refractivity contribution in [2.75, 3.05) is 13.2 Å². The average Bonchev–Trinajstić information content (AvgIpc) is 3.17. The third-order valence-electron chi connectivity index (χ3n) is 4.96. The molecule has 1 aromatic heterocycles. The second-order valence-corrected chi connectivity index (χ2v) is 6.85. The van der Waals surface area contributed by atoms with Crippen LogP contribution in [0, 0.1) is 12.1 Å². The number of carbonyl (C=O) groups is 1. The maximum atomic E-state index is 12.6. The lowest BCUT2D eigenvalue weighted by atomic mass is 10.1. The number of nitrogens with one attached hydrogen (secondary N) is 1. The van der Waals surface area contributed by atoms with E-state index in [1.807, 2.05) is 31.2 Å². The number of hydrogen-bond donors (Lipinski definition) is 1. The second kappa shape index (κ2) is 7.18. The molecule has 0 atom stereocenters. The zero-order valence-corrected chi connectivity index (χ0v) is 15.8. The number of ether oxygens (including phenoxy) is 2. The van der Waals surface area contributed by atoms with Gasteiger partial charge in [-0.05, 0) is 18.6 Å². The van der Waals surface area contributed by atoms with Crippen LogP contribution in [0.3, 0.4) is 0 Å². The normalized spacial score (nSPS) is 15.6. The molecule has 28 heavy (non-hydrogen) atoms. The number of benzene rings is 2. The van der Waals surface area contributed by atoms with Crippen molar-refractivity contribution in [3.63, 3.8) is 0 Å². The van der Waals surface area contributed by atoms with E-state index >= 15 is 0 Å². The molecule has 1 aliphatic rings. The average molecular weight is 379 g/mol. The van der Waals surface area contributed by atoms with Crippen LogP contribution < -0.4 is 10.0 Å². The highest BCUT2D eigenvalue weighted by Crippen LogP contribution is 2.30. The molecule has 1 fully saturated rings. The van der Waals surface area contributed by atoms with E-state index in [0.29, 0.717) is 30.8 Å². The number of para-hydroxylation sites is 2. The highest BCUT2D eigenvalue weighted by Gasteiger charge is 2.32. The summed E-state index contributed by atoms with van der Waals surface area (Å²) in [5.74, 6) is -1.10. The summed E-state index contributed by atoms with van der Waals surface area (Å²) in [6.45, 7) is 4.96. The molecule has 0 bridgehead atoms. The monoisotopic (exact) mass is 379 g/mol. The number of nitrogens with zero attached hydrogens (tertiary/aromatic N) is 2. The first-order valence-electron chi connectivity index (χ1n) is 9.12. The van der Waals surface area contributed by atoms with Crippen molar-refractivity contribution in [3.8, 4) is 0 Å². The summed E-state index contributed by atoms with van der Waals surface area (Å²) in [6.07, 6.45) is 0. The molecule has 1 aliphatic heterocycles. The predicted octanol–water partition coefficient (Wildman–Crippen LogP) is 2.33. The lowest BCUT2D eigenvalue weighted by molar-refractivity contribution is -0.584. The molecule has 7 heteroatoms. The van der Waals surface area contributed by atoms with E-state index in [4.69, 9.17) is 9.47 Å². The standard InChI is InChI=1S/C21H21N3O4/c1-14-19(23-17-5-3-4-6-18(17)24(14)26)20(25)22-13-15-7-9-16(10-8-15)21(2)27-11-12-28-21/h3-10H,11-13H2,1-2H3,(H,22,25). The Morgan fingerprint density at radius 2 is 1.86 bits per heavy atom. The van der Waals surface area contributed by atoms with E-state index in [-0.39, 0.29) is 17.3 Å². The summed E-state index contributed by atoms with van der Waals surface area (Å²) in [5.41, 5.74) is 3.19. The van der Waals surface area contributed by atoms with Crippen molar-refractivity contribution in [2.45, 2.75) is 26.2 Å². The Bertz CT molecular complexity index is 1030. The summed E-state index contributed by atoms with van der Waals surface area (Å²) in [4.78, 5) is 17.0. The van der Waals surface area contributed by atoms with Gasteiger partial charge in [-0.3, -0.25) is 4.79 Å². The van der Waals surface area contributed by atoms with Gasteiger partial charge in [0.05, 0.1) is 13.2 Å². The third-order valence-corrected chi connectivity index (χ3v) is 4.96. The lowest BCUT2D eigenvalue weighted by Gasteiger charge is -2.22. The molecule has 2 heterocycles. The number of hydrogen-bond acceptors (Lipinski definition) is 5. The zero-order valence-electron chi connectivity index (χ0n) is 15.8. The van der Waals surface area contributed by atoms with Gasteiger partial charge in [-0.15, -0.1) is 0 Å². The molecule has 3 aromatic rings. The van der Waals surface area contributed by atoms with Crippen molar-refractivity contribution < 1.29 is 19.0 Å². The van der Waals surface area contributed by atoms with Crippen molar-refractivity contribution in [2.24, 2.45) is 0 Å². The van der Waals surface area contributed by atoms with E-state index in [0.717, 1.165) is 15.9 Å². The molecule has 1 amide bonds. The second-order valence-electron chi connectivity index (χ2n) is 6.85. The molecule has 0 spiro atoms. The molecule has 4 rings (SSSR count). The van der Waals surface area contributed by atoms with Gasteiger partial charge in [-0.1, -0.05) is 36.4 Å². The Kier molecular flexibility index (Phi) is 4.70. The van der Waals surface area contributed by atoms with Crippen LogP contribution in [-0.4, -0.2) is 24.1 Å². The minimum atomic E-state index is -0.713. The molecule has 7 nitrogen and oxygen atoms in total. The topological polar surface area (TPSA) is 87.4 Å². The molecule has 0 radical (unpaired) electrons. The Morgan fingerprint density at radius 3 is 2.57 bits per heavy atom. The molecule has 0 saturated carbocycles. The quantitative estimate of drug-likeness (QED) is 0.555. The summed E-state index contributed by atoms with van der Waals surface area (Å²) in [7, 11) is 0. The van der Waals surface area contributed by atoms with Crippen LogP contribution in [0.25, 0.3) is 11.0 Å². The van der Waals surface area contributed by atoms with Gasteiger partial charge in [0.1, 0.15) is 5.52 Å². The first-order valence-corrected chi connectivity index (χ1v) is 9.12. The molecular weight excluding hydrogens is 358 g/mol. The number of carbonyl (C=O) groups excluding carboxylic acids is 1. The van der Waals surface area contributed by atoms with Crippen LogP contribution in [0.5, 0.6) is 0 Å². The van der Waals surface area contributed by atoms with Crippen molar-refractivity contribution in [1.82, 2.24) is 10.3 Å². The lowest BCUT2D eigenvalue weighted by Crippen LogP contribution is -2.36. The van der Waals surface area contributed by atoms with E-state index in [2.05, 4.69) is 10.3 Å². The first kappa shape index (κ1) is 18.3. The number of aromatic nitrogens is 2. The molecule has 0 aliphatic carbocycles. The molecule has 1 N–H and O–H groups in total.